The van der Waals surface area contributed by atoms with E-state index in [0.717, 1.165) is 5.56 Å². The molecule has 2 atom stereocenters. The van der Waals surface area contributed by atoms with Crippen LogP contribution in [0, 0.1) is 0 Å². The fourth-order valence-corrected chi connectivity index (χ4v) is 1.91. The number of carbonyl (C=O) groups excluding carboxylic acids is 3. The summed E-state index contributed by atoms with van der Waals surface area (Å²) in [7, 11) is 1.27. The van der Waals surface area contributed by atoms with Gasteiger partial charge in [0.2, 0.25) is 11.8 Å². The zero-order valence-electron chi connectivity index (χ0n) is 13.1. The van der Waals surface area contributed by atoms with Gasteiger partial charge in [0, 0.05) is 0 Å². The van der Waals surface area contributed by atoms with Crippen LogP contribution >= 0.6 is 0 Å². The highest BCUT2D eigenvalue weighted by atomic mass is 16.5. The molecule has 0 aliphatic carbocycles. The van der Waals surface area contributed by atoms with Crippen LogP contribution < -0.4 is 10.6 Å². The monoisotopic (exact) mass is 306 g/mol. The third-order valence-electron chi connectivity index (χ3n) is 3.19. The van der Waals surface area contributed by atoms with E-state index in [1.165, 1.54) is 7.11 Å². The highest BCUT2D eigenvalue weighted by Crippen LogP contribution is 2.00. The van der Waals surface area contributed by atoms with Gasteiger partial charge in [-0.3, -0.25) is 9.59 Å². The minimum Gasteiger partial charge on any atom is -0.467 e. The van der Waals surface area contributed by atoms with Crippen LogP contribution in [0.5, 0.6) is 0 Å². The summed E-state index contributed by atoms with van der Waals surface area (Å²) in [6.45, 7) is 3.34. The van der Waals surface area contributed by atoms with Gasteiger partial charge in [0.15, 0.2) is 0 Å². The van der Waals surface area contributed by atoms with E-state index < -0.39 is 24.0 Å². The van der Waals surface area contributed by atoms with Crippen molar-refractivity contribution in [3.63, 3.8) is 0 Å². The van der Waals surface area contributed by atoms with Crippen molar-refractivity contribution in [1.82, 2.24) is 10.6 Å². The number of amides is 2. The molecule has 0 heterocycles. The lowest BCUT2D eigenvalue weighted by Gasteiger charge is -2.18. The Morgan fingerprint density at radius 2 is 1.77 bits per heavy atom. The Kier molecular flexibility index (Phi) is 7.08. The summed E-state index contributed by atoms with van der Waals surface area (Å²) in [5.74, 6) is -1.17. The number of nitrogens with one attached hydrogen (secondary N) is 2. The first-order valence-electron chi connectivity index (χ1n) is 7.19. The third kappa shape index (κ3) is 5.55. The molecule has 6 heteroatoms. The fourth-order valence-electron chi connectivity index (χ4n) is 1.91. The molecule has 2 unspecified atom stereocenters. The summed E-state index contributed by atoms with van der Waals surface area (Å²) in [4.78, 5) is 35.3. The van der Waals surface area contributed by atoms with E-state index in [1.54, 1.807) is 13.8 Å². The van der Waals surface area contributed by atoms with E-state index >= 15 is 0 Å². The summed E-state index contributed by atoms with van der Waals surface area (Å²) >= 11 is 0. The molecular weight excluding hydrogens is 284 g/mol. The van der Waals surface area contributed by atoms with Crippen molar-refractivity contribution in [2.24, 2.45) is 0 Å². The van der Waals surface area contributed by atoms with Gasteiger partial charge in [-0.1, -0.05) is 37.3 Å². The Morgan fingerprint density at radius 3 is 2.32 bits per heavy atom. The highest BCUT2D eigenvalue weighted by molar-refractivity contribution is 5.90. The number of benzene rings is 1. The van der Waals surface area contributed by atoms with Gasteiger partial charge in [0.05, 0.1) is 13.5 Å². The van der Waals surface area contributed by atoms with Crippen LogP contribution in [0.4, 0.5) is 0 Å². The van der Waals surface area contributed by atoms with Crippen LogP contribution in [0.25, 0.3) is 0 Å². The number of rotatable bonds is 7. The zero-order valence-corrected chi connectivity index (χ0v) is 13.1. The Hall–Kier alpha value is -2.37. The Balaban J connectivity index is 2.49. The maximum Gasteiger partial charge on any atom is 0.328 e. The second kappa shape index (κ2) is 8.81. The second-order valence-electron chi connectivity index (χ2n) is 4.94. The lowest BCUT2D eigenvalue weighted by Crippen LogP contribution is -2.50. The van der Waals surface area contributed by atoms with Gasteiger partial charge >= 0.3 is 5.97 Å². The number of hydrogen-bond acceptors (Lipinski definition) is 4. The van der Waals surface area contributed by atoms with Crippen molar-refractivity contribution in [2.75, 3.05) is 7.11 Å². The predicted molar refractivity (Wildman–Crippen MR) is 82.0 cm³/mol. The van der Waals surface area contributed by atoms with Gasteiger partial charge in [-0.25, -0.2) is 4.79 Å². The topological polar surface area (TPSA) is 84.5 Å². The highest BCUT2D eigenvalue weighted by Gasteiger charge is 2.23. The minimum atomic E-state index is -0.727. The summed E-state index contributed by atoms with van der Waals surface area (Å²) in [5.41, 5.74) is 0.869. The van der Waals surface area contributed by atoms with E-state index in [1.807, 2.05) is 30.3 Å². The third-order valence-corrected chi connectivity index (χ3v) is 3.19. The molecule has 1 aromatic carbocycles. The number of hydrogen-bond donors (Lipinski definition) is 2. The van der Waals surface area contributed by atoms with Crippen LogP contribution in [0.2, 0.25) is 0 Å². The Morgan fingerprint density at radius 1 is 1.14 bits per heavy atom. The quantitative estimate of drug-likeness (QED) is 0.730. The summed E-state index contributed by atoms with van der Waals surface area (Å²) < 4.78 is 4.60. The van der Waals surface area contributed by atoms with Crippen LogP contribution in [-0.2, 0) is 25.5 Å². The first kappa shape index (κ1) is 17.7. The molecule has 6 nitrogen and oxygen atoms in total. The number of esters is 1. The van der Waals surface area contributed by atoms with E-state index in [9.17, 15) is 14.4 Å². The minimum absolute atomic E-state index is 0.201. The molecule has 0 saturated heterocycles. The molecule has 1 rings (SSSR count). The first-order chi connectivity index (χ1) is 10.5. The molecule has 0 saturated carbocycles. The first-order valence-corrected chi connectivity index (χ1v) is 7.19. The molecule has 0 bridgehead atoms. The average molecular weight is 306 g/mol. The van der Waals surface area contributed by atoms with E-state index in [2.05, 4.69) is 15.4 Å². The van der Waals surface area contributed by atoms with Crippen LogP contribution in [0.15, 0.2) is 30.3 Å². The Labute approximate surface area is 130 Å². The van der Waals surface area contributed by atoms with Crippen LogP contribution in [-0.4, -0.2) is 37.0 Å². The molecular formula is C16H22N2O4. The summed E-state index contributed by atoms with van der Waals surface area (Å²) in [6, 6.07) is 7.82. The number of carbonyl (C=O) groups is 3. The predicted octanol–water partition coefficient (Wildman–Crippen LogP) is 0.802. The second-order valence-corrected chi connectivity index (χ2v) is 4.94. The van der Waals surface area contributed by atoms with Gasteiger partial charge in [0.25, 0.3) is 0 Å². The van der Waals surface area contributed by atoms with Crippen LogP contribution in [0.1, 0.15) is 25.8 Å². The number of ether oxygens (including phenoxy) is 1. The molecule has 22 heavy (non-hydrogen) atoms. The van der Waals surface area contributed by atoms with Crippen molar-refractivity contribution in [1.29, 1.82) is 0 Å². The lowest BCUT2D eigenvalue weighted by molar-refractivity contribution is -0.145. The SMILES string of the molecule is CCC(NC(=O)C(C)NC(=O)Cc1ccccc1)C(=O)OC. The number of methoxy groups -OCH3 is 1. The molecule has 0 aliphatic rings. The Bertz CT molecular complexity index is 516. The van der Waals surface area contributed by atoms with Gasteiger partial charge in [-0.05, 0) is 18.9 Å². The maximum absolute atomic E-state index is 12.0. The summed E-state index contributed by atoms with van der Waals surface area (Å²) in [6.07, 6.45) is 0.621. The van der Waals surface area contributed by atoms with Crippen molar-refractivity contribution < 1.29 is 19.1 Å². The van der Waals surface area contributed by atoms with E-state index in [-0.39, 0.29) is 12.3 Å². The largest absolute Gasteiger partial charge is 0.467 e. The fraction of sp³-hybridized carbons (Fsp3) is 0.438. The molecule has 0 aromatic heterocycles. The van der Waals surface area contributed by atoms with Crippen LogP contribution in [0.3, 0.4) is 0 Å². The van der Waals surface area contributed by atoms with Gasteiger partial charge in [-0.15, -0.1) is 0 Å². The molecule has 0 spiro atoms. The van der Waals surface area contributed by atoms with Gasteiger partial charge in [-0.2, -0.15) is 0 Å². The molecule has 1 aromatic rings. The van der Waals surface area contributed by atoms with Crippen molar-refractivity contribution in [3.8, 4) is 0 Å². The standard InChI is InChI=1S/C16H22N2O4/c1-4-13(16(21)22-3)18-15(20)11(2)17-14(19)10-12-8-6-5-7-9-12/h5-9,11,13H,4,10H2,1-3H3,(H,17,19)(H,18,20). The smallest absolute Gasteiger partial charge is 0.328 e. The average Bonchev–Trinajstić information content (AvgIpc) is 2.52. The van der Waals surface area contributed by atoms with Crippen molar-refractivity contribution in [3.05, 3.63) is 35.9 Å². The molecule has 0 fully saturated rings. The summed E-state index contributed by atoms with van der Waals surface area (Å²) in [5, 5.41) is 5.17. The molecule has 0 radical (unpaired) electrons. The van der Waals surface area contributed by atoms with Crippen molar-refractivity contribution >= 4 is 17.8 Å². The normalized spacial score (nSPS) is 12.9. The molecule has 2 N–H and O–H groups in total. The van der Waals surface area contributed by atoms with Crippen molar-refractivity contribution in [2.45, 2.75) is 38.8 Å². The molecule has 2 amide bonds. The molecule has 0 aliphatic heterocycles. The van der Waals surface area contributed by atoms with E-state index in [0.29, 0.717) is 6.42 Å². The van der Waals surface area contributed by atoms with Gasteiger partial charge < -0.3 is 15.4 Å². The lowest BCUT2D eigenvalue weighted by atomic mass is 10.1. The zero-order chi connectivity index (χ0) is 16.5. The van der Waals surface area contributed by atoms with Gasteiger partial charge in [0.1, 0.15) is 12.1 Å². The molecule has 120 valence electrons. The maximum atomic E-state index is 12.0. The van der Waals surface area contributed by atoms with E-state index in [4.69, 9.17) is 0 Å².